The van der Waals surface area contributed by atoms with Crippen LogP contribution < -0.4 is 15.2 Å². The summed E-state index contributed by atoms with van der Waals surface area (Å²) in [5, 5.41) is 1.80. The smallest absolute Gasteiger partial charge is 0.141 e. The van der Waals surface area contributed by atoms with E-state index in [0.717, 1.165) is 26.7 Å². The summed E-state index contributed by atoms with van der Waals surface area (Å²) in [5.41, 5.74) is 6.64. The van der Waals surface area contributed by atoms with Crippen LogP contribution in [-0.4, -0.2) is 12.1 Å². The van der Waals surface area contributed by atoms with Crippen molar-refractivity contribution in [2.45, 2.75) is 0 Å². The third-order valence-corrected chi connectivity index (χ3v) is 3.79. The third kappa shape index (κ3) is 2.64. The summed E-state index contributed by atoms with van der Waals surface area (Å²) in [6.45, 7) is 0. The van der Waals surface area contributed by atoms with Gasteiger partial charge in [0.2, 0.25) is 0 Å². The molecule has 4 nitrogen and oxygen atoms in total. The molecule has 5 heteroatoms. The quantitative estimate of drug-likeness (QED) is 0.716. The number of methoxy groups -OCH3 is 1. The first-order valence-electron chi connectivity index (χ1n) is 6.32. The van der Waals surface area contributed by atoms with Crippen molar-refractivity contribution in [1.29, 1.82) is 0 Å². The Morgan fingerprint density at radius 2 is 1.86 bits per heavy atom. The number of hydrogen-bond donors (Lipinski definition) is 1. The number of fused-ring (bicyclic) bond motifs is 1. The molecule has 0 aliphatic heterocycles. The largest absolute Gasteiger partial charge is 0.497 e. The number of nitrogens with zero attached hydrogens (tertiary/aromatic N) is 1. The van der Waals surface area contributed by atoms with Crippen molar-refractivity contribution in [2.24, 2.45) is 0 Å². The summed E-state index contributed by atoms with van der Waals surface area (Å²) in [5.74, 6) is 2.20. The Labute approximate surface area is 130 Å². The van der Waals surface area contributed by atoms with Gasteiger partial charge in [-0.3, -0.25) is 4.98 Å². The van der Waals surface area contributed by atoms with Crippen molar-refractivity contribution in [3.63, 3.8) is 0 Å². The Morgan fingerprint density at radius 3 is 2.62 bits per heavy atom. The van der Waals surface area contributed by atoms with E-state index in [9.17, 15) is 0 Å². The molecule has 1 aromatic heterocycles. The first kappa shape index (κ1) is 13.7. The van der Waals surface area contributed by atoms with Crippen molar-refractivity contribution in [1.82, 2.24) is 4.98 Å². The number of nitrogens with two attached hydrogens (primary N) is 1. The molecular weight excluding hydrogens is 332 g/mol. The highest BCUT2D eigenvalue weighted by Crippen LogP contribution is 2.36. The number of nitrogen functional groups attached to an aromatic ring is 1. The van der Waals surface area contributed by atoms with E-state index in [1.54, 1.807) is 19.5 Å². The topological polar surface area (TPSA) is 57.4 Å². The van der Waals surface area contributed by atoms with E-state index in [4.69, 9.17) is 15.2 Å². The molecular formula is C16H13BrN2O2. The minimum atomic E-state index is 0.680. The molecule has 2 N–H and O–H groups in total. The van der Waals surface area contributed by atoms with E-state index in [1.807, 2.05) is 36.4 Å². The summed E-state index contributed by atoms with van der Waals surface area (Å²) in [6, 6.07) is 11.1. The fraction of sp³-hybridized carbons (Fsp3) is 0.0625. The van der Waals surface area contributed by atoms with Crippen LogP contribution in [0.2, 0.25) is 0 Å². The summed E-state index contributed by atoms with van der Waals surface area (Å²) in [7, 11) is 1.63. The van der Waals surface area contributed by atoms with Crippen molar-refractivity contribution < 1.29 is 9.47 Å². The van der Waals surface area contributed by atoms with Crippen LogP contribution in [0.25, 0.3) is 10.8 Å². The van der Waals surface area contributed by atoms with Crippen LogP contribution >= 0.6 is 15.9 Å². The maximum absolute atomic E-state index is 5.99. The maximum atomic E-state index is 5.99. The highest BCUT2D eigenvalue weighted by Gasteiger charge is 2.09. The predicted octanol–water partition coefficient (Wildman–Crippen LogP) is 4.38. The zero-order valence-corrected chi connectivity index (χ0v) is 12.9. The van der Waals surface area contributed by atoms with Gasteiger partial charge >= 0.3 is 0 Å². The zero-order chi connectivity index (χ0) is 14.8. The van der Waals surface area contributed by atoms with Gasteiger partial charge in [-0.25, -0.2) is 0 Å². The Balaban J connectivity index is 2.04. The molecule has 0 aliphatic carbocycles. The van der Waals surface area contributed by atoms with Crippen LogP contribution in [-0.2, 0) is 0 Å². The lowest BCUT2D eigenvalue weighted by molar-refractivity contribution is 0.412. The van der Waals surface area contributed by atoms with Crippen molar-refractivity contribution in [3.05, 3.63) is 53.3 Å². The van der Waals surface area contributed by atoms with Crippen LogP contribution in [0.5, 0.6) is 17.2 Å². The summed E-state index contributed by atoms with van der Waals surface area (Å²) in [4.78, 5) is 4.10. The van der Waals surface area contributed by atoms with Crippen molar-refractivity contribution in [2.75, 3.05) is 12.8 Å². The highest BCUT2D eigenvalue weighted by atomic mass is 79.9. The second kappa shape index (κ2) is 5.61. The maximum Gasteiger partial charge on any atom is 0.141 e. The fourth-order valence-corrected chi connectivity index (χ4v) is 2.52. The lowest BCUT2D eigenvalue weighted by Crippen LogP contribution is -1.92. The number of anilines is 1. The molecule has 1 heterocycles. The molecule has 0 saturated carbocycles. The van der Waals surface area contributed by atoms with Crippen LogP contribution in [0.3, 0.4) is 0 Å². The average Bonchev–Trinajstić information content (AvgIpc) is 2.52. The Hall–Kier alpha value is -2.27. The van der Waals surface area contributed by atoms with Crippen molar-refractivity contribution >= 4 is 32.4 Å². The summed E-state index contributed by atoms with van der Waals surface area (Å²) < 4.78 is 12.0. The molecule has 106 valence electrons. The standard InChI is InChI=1S/C16H13BrN2O2/c1-20-10-2-4-16(13(17)8-10)21-15-5-3-14(18)12-9-19-7-6-11(12)15/h2-9H,18H2,1H3. The van der Waals surface area contributed by atoms with Gasteiger partial charge in [-0.1, -0.05) is 0 Å². The molecule has 21 heavy (non-hydrogen) atoms. The molecule has 0 saturated heterocycles. The number of halogens is 1. The summed E-state index contributed by atoms with van der Waals surface area (Å²) in [6.07, 6.45) is 3.46. The van der Waals surface area contributed by atoms with E-state index in [2.05, 4.69) is 20.9 Å². The number of pyridine rings is 1. The van der Waals surface area contributed by atoms with Crippen LogP contribution in [0, 0.1) is 0 Å². The number of ether oxygens (including phenoxy) is 2. The minimum Gasteiger partial charge on any atom is -0.497 e. The van der Waals surface area contributed by atoms with Gasteiger partial charge in [0.15, 0.2) is 0 Å². The lowest BCUT2D eigenvalue weighted by atomic mass is 10.1. The lowest BCUT2D eigenvalue weighted by Gasteiger charge is -2.12. The molecule has 2 aromatic carbocycles. The molecule has 0 bridgehead atoms. The minimum absolute atomic E-state index is 0.680. The Morgan fingerprint density at radius 1 is 1.05 bits per heavy atom. The van der Waals surface area contributed by atoms with E-state index in [1.165, 1.54) is 0 Å². The fourth-order valence-electron chi connectivity index (χ4n) is 2.08. The van der Waals surface area contributed by atoms with Crippen LogP contribution in [0.1, 0.15) is 0 Å². The molecule has 0 spiro atoms. The molecule has 3 rings (SSSR count). The zero-order valence-electron chi connectivity index (χ0n) is 11.3. The third-order valence-electron chi connectivity index (χ3n) is 3.17. The highest BCUT2D eigenvalue weighted by molar-refractivity contribution is 9.10. The van der Waals surface area contributed by atoms with Gasteiger partial charge in [-0.05, 0) is 52.3 Å². The van der Waals surface area contributed by atoms with Gasteiger partial charge in [0.25, 0.3) is 0 Å². The van der Waals surface area contributed by atoms with Crippen LogP contribution in [0.4, 0.5) is 5.69 Å². The monoisotopic (exact) mass is 344 g/mol. The number of hydrogen-bond acceptors (Lipinski definition) is 4. The van der Waals surface area contributed by atoms with Crippen LogP contribution in [0.15, 0.2) is 53.3 Å². The predicted molar refractivity (Wildman–Crippen MR) is 86.9 cm³/mol. The second-order valence-corrected chi connectivity index (χ2v) is 5.33. The van der Waals surface area contributed by atoms with Gasteiger partial charge in [0, 0.05) is 28.9 Å². The average molecular weight is 345 g/mol. The van der Waals surface area contributed by atoms with E-state index >= 15 is 0 Å². The molecule has 0 unspecified atom stereocenters. The van der Waals surface area contributed by atoms with Gasteiger partial charge in [0.05, 0.1) is 11.6 Å². The first-order valence-corrected chi connectivity index (χ1v) is 7.12. The molecule has 0 fully saturated rings. The van der Waals surface area contributed by atoms with E-state index < -0.39 is 0 Å². The Kier molecular flexibility index (Phi) is 3.66. The first-order chi connectivity index (χ1) is 10.2. The molecule has 0 atom stereocenters. The number of aromatic nitrogens is 1. The van der Waals surface area contributed by atoms with Gasteiger partial charge in [-0.15, -0.1) is 0 Å². The van der Waals surface area contributed by atoms with Gasteiger partial charge in [-0.2, -0.15) is 0 Å². The molecule has 3 aromatic rings. The number of rotatable bonds is 3. The van der Waals surface area contributed by atoms with Crippen molar-refractivity contribution in [3.8, 4) is 17.2 Å². The second-order valence-electron chi connectivity index (χ2n) is 4.47. The number of benzene rings is 2. The van der Waals surface area contributed by atoms with Gasteiger partial charge in [0.1, 0.15) is 17.2 Å². The van der Waals surface area contributed by atoms with Gasteiger partial charge < -0.3 is 15.2 Å². The normalized spacial score (nSPS) is 10.6. The molecule has 0 amide bonds. The Bertz CT molecular complexity index is 805. The molecule has 0 radical (unpaired) electrons. The SMILES string of the molecule is COc1ccc(Oc2ccc(N)c3cnccc23)c(Br)c1. The van der Waals surface area contributed by atoms with E-state index in [-0.39, 0.29) is 0 Å². The molecule has 0 aliphatic rings. The summed E-state index contributed by atoms with van der Waals surface area (Å²) >= 11 is 3.48. The van der Waals surface area contributed by atoms with E-state index in [0.29, 0.717) is 11.4 Å².